The van der Waals surface area contributed by atoms with Gasteiger partial charge in [-0.1, -0.05) is 31.9 Å². The molecule has 0 aromatic rings. The molecule has 0 aliphatic heterocycles. The summed E-state index contributed by atoms with van der Waals surface area (Å²) in [7, 11) is 0. The van der Waals surface area contributed by atoms with Crippen LogP contribution < -0.4 is 5.11 Å². The summed E-state index contributed by atoms with van der Waals surface area (Å²) >= 11 is 0. The molecule has 0 rings (SSSR count). The van der Waals surface area contributed by atoms with Gasteiger partial charge in [-0.2, -0.15) is 0 Å². The van der Waals surface area contributed by atoms with Gasteiger partial charge in [0.05, 0.1) is 39.0 Å². The van der Waals surface area contributed by atoms with Gasteiger partial charge in [-0.15, -0.1) is 0 Å². The van der Waals surface area contributed by atoms with E-state index in [1.807, 2.05) is 0 Å². The summed E-state index contributed by atoms with van der Waals surface area (Å²) in [4.78, 5) is 32.9. The fraction of sp³-hybridized carbons (Fsp3) is 0.750. The van der Waals surface area contributed by atoms with Crippen LogP contribution in [0.5, 0.6) is 0 Å². The first-order chi connectivity index (χ1) is 12.8. The second-order valence-corrected chi connectivity index (χ2v) is 7.11. The molecule has 0 aromatic carbocycles. The summed E-state index contributed by atoms with van der Waals surface area (Å²) in [6.07, 6.45) is 11.2. The molecule has 0 saturated carbocycles. The minimum atomic E-state index is -1.19. The van der Waals surface area contributed by atoms with E-state index in [0.29, 0.717) is 6.54 Å². The molecule has 0 aliphatic carbocycles. The highest BCUT2D eigenvalue weighted by Gasteiger charge is 2.28. The summed E-state index contributed by atoms with van der Waals surface area (Å²) in [5.74, 6) is -3.11. The Hall–Kier alpha value is -1.89. The van der Waals surface area contributed by atoms with Crippen LogP contribution in [0.2, 0.25) is 0 Å². The number of carbonyl (C=O) groups is 3. The van der Waals surface area contributed by atoms with Crippen molar-refractivity contribution in [1.29, 1.82) is 0 Å². The van der Waals surface area contributed by atoms with E-state index in [1.54, 1.807) is 0 Å². The van der Waals surface area contributed by atoms with Crippen molar-refractivity contribution in [3.63, 3.8) is 0 Å². The lowest BCUT2D eigenvalue weighted by Crippen LogP contribution is -2.53. The number of rotatable bonds is 18. The Bertz CT molecular complexity index is 430. The highest BCUT2D eigenvalue weighted by Crippen LogP contribution is 2.16. The normalized spacial score (nSPS) is 11.7. The van der Waals surface area contributed by atoms with Gasteiger partial charge in [0, 0.05) is 12.4 Å². The Kier molecular flexibility index (Phi) is 14.1. The smallest absolute Gasteiger partial charge is 0.309 e. The third-order valence-electron chi connectivity index (χ3n) is 4.77. The maximum absolute atomic E-state index is 11.0. The van der Waals surface area contributed by atoms with E-state index in [1.165, 1.54) is 0 Å². The van der Waals surface area contributed by atoms with E-state index >= 15 is 0 Å². The lowest BCUT2D eigenvalue weighted by Gasteiger charge is -2.38. The number of quaternary nitrogens is 1. The zero-order chi connectivity index (χ0) is 20.5. The molecule has 0 fully saturated rings. The Labute approximate surface area is 162 Å². The molecule has 0 heterocycles. The first-order valence-corrected chi connectivity index (χ1v) is 9.95. The molecule has 0 aliphatic rings. The number of carbonyl (C=O) groups excluding carboxylic acids is 1. The third kappa shape index (κ3) is 14.9. The molecular formula is C20H35NO6. The molecule has 7 nitrogen and oxygen atoms in total. The molecule has 0 unspecified atom stereocenters. The van der Waals surface area contributed by atoms with Crippen molar-refractivity contribution < 1.29 is 34.2 Å². The molecule has 27 heavy (non-hydrogen) atoms. The van der Waals surface area contributed by atoms with Crippen LogP contribution in [0.4, 0.5) is 0 Å². The van der Waals surface area contributed by atoms with Crippen LogP contribution in [0.3, 0.4) is 0 Å². The average Bonchev–Trinajstić information content (AvgIpc) is 2.61. The molecular weight excluding hydrogens is 350 g/mol. The van der Waals surface area contributed by atoms with E-state index in [-0.39, 0.29) is 43.4 Å². The quantitative estimate of drug-likeness (QED) is 0.212. The first-order valence-electron chi connectivity index (χ1n) is 9.95. The summed E-state index contributed by atoms with van der Waals surface area (Å²) in [5.41, 5.74) is 0. The Morgan fingerprint density at radius 2 is 1.30 bits per heavy atom. The van der Waals surface area contributed by atoms with Gasteiger partial charge in [-0.05, 0) is 32.1 Å². The Morgan fingerprint density at radius 3 is 1.81 bits per heavy atom. The summed E-state index contributed by atoms with van der Waals surface area (Å²) < 4.78 is 0.211. The van der Waals surface area contributed by atoms with E-state index in [9.17, 15) is 19.5 Å². The van der Waals surface area contributed by atoms with Gasteiger partial charge in [-0.25, -0.2) is 0 Å². The number of carboxylic acid groups (broad SMARTS) is 3. The highest BCUT2D eigenvalue weighted by molar-refractivity contribution is 5.67. The van der Waals surface area contributed by atoms with Gasteiger partial charge in [0.1, 0.15) is 0 Å². The average molecular weight is 386 g/mol. The highest BCUT2D eigenvalue weighted by atomic mass is 16.4. The zero-order valence-corrected chi connectivity index (χ0v) is 16.5. The maximum atomic E-state index is 11.0. The molecule has 7 heteroatoms. The zero-order valence-electron chi connectivity index (χ0n) is 16.5. The number of nitrogens with zero attached hydrogens (tertiary/aromatic N) is 1. The molecule has 0 amide bonds. The van der Waals surface area contributed by atoms with Gasteiger partial charge in [0.2, 0.25) is 0 Å². The van der Waals surface area contributed by atoms with Gasteiger partial charge in [0.25, 0.3) is 0 Å². The van der Waals surface area contributed by atoms with E-state index in [0.717, 1.165) is 44.9 Å². The number of hydrogen-bond acceptors (Lipinski definition) is 4. The second kappa shape index (κ2) is 15.2. The predicted octanol–water partition coefficient (Wildman–Crippen LogP) is 2.20. The maximum Gasteiger partial charge on any atom is 0.309 e. The minimum Gasteiger partial charge on any atom is -0.550 e. The standard InChI is InChI=1S/C20H35NO6/c1-2-3-4-5-6-7-8-9-10-14-21(15-11-18(22)23,16-12-19(24)25)17-13-20(26)27/h4-5H,2-3,6-17H2,1H3,(H2-,22,23,24,25,26,27)/b5-4+. The van der Waals surface area contributed by atoms with Crippen LogP contribution in [0, 0.1) is 0 Å². The number of hydrogen-bond donors (Lipinski definition) is 2. The van der Waals surface area contributed by atoms with Crippen molar-refractivity contribution in [3.05, 3.63) is 12.2 Å². The SMILES string of the molecule is CCC/C=C/CCCCCC[N+](CCC(=O)[O-])(CCC(=O)O)CCC(=O)O. The van der Waals surface area contributed by atoms with Crippen molar-refractivity contribution in [1.82, 2.24) is 0 Å². The fourth-order valence-electron chi connectivity index (χ4n) is 3.13. The molecule has 0 saturated heterocycles. The molecule has 0 radical (unpaired) electrons. The second-order valence-electron chi connectivity index (χ2n) is 7.11. The topological polar surface area (TPSA) is 115 Å². The third-order valence-corrected chi connectivity index (χ3v) is 4.77. The van der Waals surface area contributed by atoms with Gasteiger partial charge >= 0.3 is 11.9 Å². The summed E-state index contributed by atoms with van der Waals surface area (Å²) in [6, 6.07) is 0. The number of unbranched alkanes of at least 4 members (excludes halogenated alkanes) is 5. The van der Waals surface area contributed by atoms with Crippen molar-refractivity contribution in [2.24, 2.45) is 0 Å². The van der Waals surface area contributed by atoms with Crippen molar-refractivity contribution in [2.45, 2.75) is 71.1 Å². The Morgan fingerprint density at radius 1 is 0.778 bits per heavy atom. The fourth-order valence-corrected chi connectivity index (χ4v) is 3.13. The van der Waals surface area contributed by atoms with Gasteiger partial charge < -0.3 is 24.6 Å². The monoisotopic (exact) mass is 385 g/mol. The first kappa shape index (κ1) is 25.1. The van der Waals surface area contributed by atoms with Gasteiger partial charge in [0.15, 0.2) is 0 Å². The molecule has 2 N–H and O–H groups in total. The summed E-state index contributed by atoms with van der Waals surface area (Å²) in [5, 5.41) is 28.9. The van der Waals surface area contributed by atoms with Crippen molar-refractivity contribution in [2.75, 3.05) is 26.2 Å². The van der Waals surface area contributed by atoms with Crippen LogP contribution in [-0.2, 0) is 14.4 Å². The van der Waals surface area contributed by atoms with Crippen LogP contribution in [0.25, 0.3) is 0 Å². The lowest BCUT2D eigenvalue weighted by molar-refractivity contribution is -0.927. The molecule has 0 bridgehead atoms. The molecule has 0 aromatic heterocycles. The van der Waals surface area contributed by atoms with Gasteiger partial charge in [-0.3, -0.25) is 9.59 Å². The van der Waals surface area contributed by atoms with Crippen LogP contribution in [0.15, 0.2) is 12.2 Å². The lowest BCUT2D eigenvalue weighted by atomic mass is 10.1. The van der Waals surface area contributed by atoms with E-state index < -0.39 is 17.9 Å². The van der Waals surface area contributed by atoms with Crippen LogP contribution in [-0.4, -0.2) is 58.8 Å². The molecule has 0 spiro atoms. The number of aliphatic carboxylic acids is 3. The number of carboxylic acids is 3. The van der Waals surface area contributed by atoms with Crippen molar-refractivity contribution in [3.8, 4) is 0 Å². The summed E-state index contributed by atoms with van der Waals surface area (Å²) in [6.45, 7) is 3.44. The Balaban J connectivity index is 4.60. The van der Waals surface area contributed by atoms with E-state index in [2.05, 4.69) is 19.1 Å². The largest absolute Gasteiger partial charge is 0.550 e. The molecule has 0 atom stereocenters. The molecule has 156 valence electrons. The predicted molar refractivity (Wildman–Crippen MR) is 101 cm³/mol. The van der Waals surface area contributed by atoms with Crippen LogP contribution in [0.1, 0.15) is 71.1 Å². The van der Waals surface area contributed by atoms with E-state index in [4.69, 9.17) is 10.2 Å². The van der Waals surface area contributed by atoms with Crippen molar-refractivity contribution >= 4 is 17.9 Å². The van der Waals surface area contributed by atoms with Crippen LogP contribution >= 0.6 is 0 Å². The number of allylic oxidation sites excluding steroid dienone is 2. The minimum absolute atomic E-state index is 0.102.